The van der Waals surface area contributed by atoms with Crippen LogP contribution in [0.15, 0.2) is 30.3 Å². The lowest BCUT2D eigenvalue weighted by atomic mass is 9.69. The van der Waals surface area contributed by atoms with Gasteiger partial charge in [0.25, 0.3) is 0 Å². The number of esters is 1. The van der Waals surface area contributed by atoms with Crippen molar-refractivity contribution in [1.29, 1.82) is 0 Å². The van der Waals surface area contributed by atoms with Gasteiger partial charge in [0.15, 0.2) is 0 Å². The largest absolute Gasteiger partial charge is 0.468 e. The summed E-state index contributed by atoms with van der Waals surface area (Å²) in [7, 11) is 1.51. The Hall–Kier alpha value is -1.35. The smallest absolute Gasteiger partial charge is 0.325 e. The lowest BCUT2D eigenvalue weighted by Gasteiger charge is -2.37. The molecule has 1 aromatic rings. The van der Waals surface area contributed by atoms with Crippen LogP contribution in [-0.2, 0) is 16.1 Å². The zero-order valence-corrected chi connectivity index (χ0v) is 14.8. The van der Waals surface area contributed by atoms with E-state index in [4.69, 9.17) is 4.74 Å². The fraction of sp³-hybridized carbons (Fsp3) is 0.650. The Bertz CT molecular complexity index is 553. The molecule has 1 saturated heterocycles. The molecule has 1 aromatic carbocycles. The summed E-state index contributed by atoms with van der Waals surface area (Å²) in [6.07, 6.45) is 4.65. The van der Waals surface area contributed by atoms with Gasteiger partial charge in [-0.1, -0.05) is 51.1 Å². The summed E-state index contributed by atoms with van der Waals surface area (Å²) < 4.78 is 5.08. The Morgan fingerprint density at radius 2 is 1.83 bits per heavy atom. The molecule has 0 bridgehead atoms. The van der Waals surface area contributed by atoms with E-state index >= 15 is 0 Å². The minimum Gasteiger partial charge on any atom is -0.468 e. The third kappa shape index (κ3) is 3.03. The Kier molecular flexibility index (Phi) is 4.26. The molecular formula is C20H29NO2. The van der Waals surface area contributed by atoms with Crippen LogP contribution >= 0.6 is 0 Å². The molecule has 1 aliphatic carbocycles. The van der Waals surface area contributed by atoms with Gasteiger partial charge in [0.1, 0.15) is 6.04 Å². The molecule has 0 aromatic heterocycles. The molecule has 0 amide bonds. The Morgan fingerprint density at radius 1 is 1.22 bits per heavy atom. The van der Waals surface area contributed by atoms with E-state index in [0.29, 0.717) is 5.41 Å². The zero-order chi connectivity index (χ0) is 16.7. The van der Waals surface area contributed by atoms with E-state index in [0.717, 1.165) is 25.3 Å². The van der Waals surface area contributed by atoms with E-state index in [1.807, 2.05) is 6.07 Å². The van der Waals surface area contributed by atoms with Gasteiger partial charge in [0, 0.05) is 12.1 Å². The van der Waals surface area contributed by atoms with Crippen molar-refractivity contribution in [3.63, 3.8) is 0 Å². The van der Waals surface area contributed by atoms with Crippen molar-refractivity contribution < 1.29 is 9.53 Å². The fourth-order valence-electron chi connectivity index (χ4n) is 4.47. The van der Waals surface area contributed by atoms with E-state index in [2.05, 4.69) is 49.9 Å². The highest BCUT2D eigenvalue weighted by atomic mass is 16.5. The molecule has 2 atom stereocenters. The van der Waals surface area contributed by atoms with Gasteiger partial charge in [0.2, 0.25) is 0 Å². The topological polar surface area (TPSA) is 29.3 Å². The molecule has 1 aliphatic heterocycles. The monoisotopic (exact) mass is 315 g/mol. The predicted octanol–water partition coefficient (Wildman–Crippen LogP) is 4.02. The molecule has 1 spiro atoms. The number of nitrogens with zero attached hydrogens (tertiary/aromatic N) is 1. The van der Waals surface area contributed by atoms with Crippen LogP contribution in [-0.4, -0.2) is 29.6 Å². The van der Waals surface area contributed by atoms with Crippen molar-refractivity contribution in [2.45, 2.75) is 64.6 Å². The summed E-state index contributed by atoms with van der Waals surface area (Å²) in [5.74, 6) is 0.695. The third-order valence-electron chi connectivity index (χ3n) is 6.02. The highest BCUT2D eigenvalue weighted by Gasteiger charge is 2.67. The number of hydrogen-bond acceptors (Lipinski definition) is 3. The van der Waals surface area contributed by atoms with Crippen molar-refractivity contribution >= 4 is 5.97 Å². The Morgan fingerprint density at radius 3 is 2.35 bits per heavy atom. The highest BCUT2D eigenvalue weighted by molar-refractivity contribution is 5.82. The minimum absolute atomic E-state index is 0.0463. The van der Waals surface area contributed by atoms with Gasteiger partial charge in [-0.05, 0) is 42.6 Å². The number of benzene rings is 1. The van der Waals surface area contributed by atoms with Crippen LogP contribution in [0.5, 0.6) is 0 Å². The maximum Gasteiger partial charge on any atom is 0.325 e. The molecule has 2 fully saturated rings. The first-order valence-electron chi connectivity index (χ1n) is 8.77. The van der Waals surface area contributed by atoms with Crippen molar-refractivity contribution in [3.8, 4) is 0 Å². The summed E-state index contributed by atoms with van der Waals surface area (Å²) >= 11 is 0. The average Bonchev–Trinajstić information content (AvgIpc) is 3.12. The van der Waals surface area contributed by atoms with E-state index < -0.39 is 0 Å². The first-order valence-corrected chi connectivity index (χ1v) is 8.77. The molecule has 2 aliphatic rings. The maximum absolute atomic E-state index is 12.3. The lowest BCUT2D eigenvalue weighted by molar-refractivity contribution is -0.141. The summed E-state index contributed by atoms with van der Waals surface area (Å²) in [4.78, 5) is 14.6. The van der Waals surface area contributed by atoms with Crippen molar-refractivity contribution in [3.05, 3.63) is 35.9 Å². The summed E-state index contributed by atoms with van der Waals surface area (Å²) in [6.45, 7) is 7.85. The fourth-order valence-corrected chi connectivity index (χ4v) is 4.47. The number of hydrogen-bond donors (Lipinski definition) is 0. The maximum atomic E-state index is 12.3. The molecule has 3 rings (SSSR count). The van der Waals surface area contributed by atoms with Gasteiger partial charge in [-0.3, -0.25) is 9.69 Å². The first-order chi connectivity index (χ1) is 10.9. The molecule has 3 nitrogen and oxygen atoms in total. The second kappa shape index (κ2) is 5.94. The van der Waals surface area contributed by atoms with Gasteiger partial charge in [-0.25, -0.2) is 0 Å². The normalized spacial score (nSPS) is 33.5. The molecule has 0 radical (unpaired) electrons. The van der Waals surface area contributed by atoms with E-state index in [-0.39, 0.29) is 17.6 Å². The summed E-state index contributed by atoms with van der Waals surface area (Å²) in [6, 6.07) is 10.4. The molecule has 3 heteroatoms. The van der Waals surface area contributed by atoms with Gasteiger partial charge in [-0.15, -0.1) is 0 Å². The predicted molar refractivity (Wildman–Crippen MR) is 91.9 cm³/mol. The van der Waals surface area contributed by atoms with Crippen LogP contribution in [0.3, 0.4) is 0 Å². The number of carbonyl (C=O) groups excluding carboxylic acids is 1. The molecular weight excluding hydrogens is 286 g/mol. The van der Waals surface area contributed by atoms with Crippen molar-refractivity contribution in [2.75, 3.05) is 7.11 Å². The van der Waals surface area contributed by atoms with Crippen LogP contribution in [0, 0.1) is 11.3 Å². The first kappa shape index (κ1) is 16.5. The Labute approximate surface area is 140 Å². The van der Waals surface area contributed by atoms with Gasteiger partial charge in [-0.2, -0.15) is 0 Å². The molecule has 1 unspecified atom stereocenters. The third-order valence-corrected chi connectivity index (χ3v) is 6.02. The van der Waals surface area contributed by atoms with E-state index in [1.165, 1.54) is 25.5 Å². The quantitative estimate of drug-likeness (QED) is 0.623. The van der Waals surface area contributed by atoms with Crippen LogP contribution in [0.4, 0.5) is 0 Å². The molecule has 0 N–H and O–H groups in total. The number of ether oxygens (including phenoxy) is 1. The summed E-state index contributed by atoms with van der Waals surface area (Å²) in [5, 5.41) is 0. The van der Waals surface area contributed by atoms with Gasteiger partial charge < -0.3 is 4.74 Å². The van der Waals surface area contributed by atoms with Crippen LogP contribution in [0.25, 0.3) is 0 Å². The van der Waals surface area contributed by atoms with Gasteiger partial charge >= 0.3 is 5.97 Å². The van der Waals surface area contributed by atoms with Crippen LogP contribution in [0.1, 0.15) is 52.0 Å². The Balaban J connectivity index is 1.73. The molecule has 1 heterocycles. The number of carbonyl (C=O) groups is 1. The second-order valence-corrected chi connectivity index (χ2v) is 8.28. The standard InChI is InChI=1S/C20H29NO2/c1-19(2,3)16-10-12-20(13-11-16)17(18(22)23-4)21(20)14-15-8-6-5-7-9-15/h5-9,16-17H,10-14H2,1-4H3/t16?,17-,20?,21?/m1/s1. The highest BCUT2D eigenvalue weighted by Crippen LogP contribution is 2.55. The molecule has 1 saturated carbocycles. The van der Waals surface area contributed by atoms with Crippen LogP contribution < -0.4 is 0 Å². The van der Waals surface area contributed by atoms with Crippen molar-refractivity contribution in [2.24, 2.45) is 11.3 Å². The number of rotatable bonds is 3. The molecule has 126 valence electrons. The molecule has 23 heavy (non-hydrogen) atoms. The SMILES string of the molecule is COC(=O)[C@H]1N(Cc2ccccc2)C12CCC(C(C)(C)C)CC2. The van der Waals surface area contributed by atoms with Crippen LogP contribution in [0.2, 0.25) is 0 Å². The van der Waals surface area contributed by atoms with E-state index in [1.54, 1.807) is 0 Å². The zero-order valence-electron chi connectivity index (χ0n) is 14.8. The van der Waals surface area contributed by atoms with Gasteiger partial charge in [0.05, 0.1) is 7.11 Å². The summed E-state index contributed by atoms with van der Waals surface area (Å²) in [5.41, 5.74) is 1.68. The van der Waals surface area contributed by atoms with E-state index in [9.17, 15) is 4.79 Å². The number of methoxy groups -OCH3 is 1. The van der Waals surface area contributed by atoms with Crippen molar-refractivity contribution in [1.82, 2.24) is 4.90 Å². The average molecular weight is 315 g/mol. The minimum atomic E-state index is -0.0601. The second-order valence-electron chi connectivity index (χ2n) is 8.28. The lowest BCUT2D eigenvalue weighted by Crippen LogP contribution is -2.33.